The zero-order valence-electron chi connectivity index (χ0n) is 7.74. The van der Waals surface area contributed by atoms with Gasteiger partial charge in [-0.25, -0.2) is 0 Å². The molecule has 0 spiro atoms. The van der Waals surface area contributed by atoms with Crippen LogP contribution in [0, 0.1) is 5.92 Å². The fourth-order valence-corrected chi connectivity index (χ4v) is 1.62. The predicted octanol–water partition coefficient (Wildman–Crippen LogP) is -0.436. The van der Waals surface area contributed by atoms with Gasteiger partial charge >= 0.3 is 0 Å². The molecule has 78 valence electrons. The average molecular weight is 208 g/mol. The van der Waals surface area contributed by atoms with Gasteiger partial charge in [-0.3, -0.25) is 4.79 Å². The van der Waals surface area contributed by atoms with E-state index in [2.05, 4.69) is 4.90 Å². The summed E-state index contributed by atoms with van der Waals surface area (Å²) in [6.07, 6.45) is 1.80. The summed E-state index contributed by atoms with van der Waals surface area (Å²) in [6.45, 7) is 3.56. The molecule has 0 aromatic carbocycles. The van der Waals surface area contributed by atoms with Crippen LogP contribution in [0.15, 0.2) is 0 Å². The molecule has 4 nitrogen and oxygen atoms in total. The summed E-state index contributed by atoms with van der Waals surface area (Å²) in [5.74, 6) is -0.0542. The Morgan fingerprint density at radius 1 is 1.38 bits per heavy atom. The topological polar surface area (TPSA) is 72.3 Å². The minimum Gasteiger partial charge on any atom is -0.369 e. The van der Waals surface area contributed by atoms with Crippen molar-refractivity contribution in [2.45, 2.75) is 12.8 Å². The summed E-state index contributed by atoms with van der Waals surface area (Å²) >= 11 is 0. The normalized spacial score (nSPS) is 19.5. The zero-order chi connectivity index (χ0) is 8.97. The van der Waals surface area contributed by atoms with Crippen LogP contribution in [0.4, 0.5) is 0 Å². The smallest absolute Gasteiger partial charge is 0.220 e. The van der Waals surface area contributed by atoms with Crippen LogP contribution in [0.1, 0.15) is 12.8 Å². The molecule has 0 saturated carbocycles. The van der Waals surface area contributed by atoms with Gasteiger partial charge in [0.1, 0.15) is 0 Å². The number of rotatable bonds is 3. The van der Waals surface area contributed by atoms with Crippen LogP contribution in [0.25, 0.3) is 0 Å². The van der Waals surface area contributed by atoms with E-state index in [1.165, 1.54) is 0 Å². The third-order valence-corrected chi connectivity index (χ3v) is 2.44. The average Bonchev–Trinajstić information content (AvgIpc) is 2.06. The van der Waals surface area contributed by atoms with Crippen molar-refractivity contribution in [1.29, 1.82) is 0 Å². The summed E-state index contributed by atoms with van der Waals surface area (Å²) in [4.78, 5) is 13.1. The molecule has 1 amide bonds. The minimum atomic E-state index is -0.151. The van der Waals surface area contributed by atoms with Crippen molar-refractivity contribution in [3.63, 3.8) is 0 Å². The van der Waals surface area contributed by atoms with Crippen molar-refractivity contribution in [2.75, 3.05) is 26.2 Å². The molecule has 1 saturated heterocycles. The van der Waals surface area contributed by atoms with E-state index in [0.717, 1.165) is 32.5 Å². The van der Waals surface area contributed by atoms with Crippen LogP contribution in [-0.4, -0.2) is 37.0 Å². The van der Waals surface area contributed by atoms with Gasteiger partial charge in [-0.2, -0.15) is 0 Å². The van der Waals surface area contributed by atoms with Gasteiger partial charge in [-0.15, -0.1) is 12.4 Å². The second-order valence-corrected chi connectivity index (χ2v) is 3.31. The third kappa shape index (κ3) is 3.93. The van der Waals surface area contributed by atoms with E-state index < -0.39 is 0 Å². The molecular weight excluding hydrogens is 190 g/mol. The van der Waals surface area contributed by atoms with E-state index in [4.69, 9.17) is 11.5 Å². The van der Waals surface area contributed by atoms with Crippen LogP contribution in [0.5, 0.6) is 0 Å². The van der Waals surface area contributed by atoms with Gasteiger partial charge in [0.15, 0.2) is 0 Å². The standard InChI is InChI=1S/C8H17N3O.ClH/c9-3-6-11-4-1-7(2-5-11)8(10)12;/h7H,1-6,9H2,(H2,10,12);1H. The highest BCUT2D eigenvalue weighted by Crippen LogP contribution is 2.15. The summed E-state index contributed by atoms with van der Waals surface area (Å²) in [5, 5.41) is 0. The van der Waals surface area contributed by atoms with Gasteiger partial charge in [0.25, 0.3) is 0 Å². The molecule has 4 N–H and O–H groups in total. The van der Waals surface area contributed by atoms with E-state index in [-0.39, 0.29) is 24.2 Å². The monoisotopic (exact) mass is 207 g/mol. The highest BCUT2D eigenvalue weighted by atomic mass is 35.5. The Morgan fingerprint density at radius 3 is 2.31 bits per heavy atom. The molecule has 0 bridgehead atoms. The molecule has 5 heteroatoms. The van der Waals surface area contributed by atoms with Crippen molar-refractivity contribution in [2.24, 2.45) is 17.4 Å². The maximum absolute atomic E-state index is 10.8. The summed E-state index contributed by atoms with van der Waals surface area (Å²) in [7, 11) is 0. The highest BCUT2D eigenvalue weighted by Gasteiger charge is 2.22. The molecule has 1 aliphatic heterocycles. The highest BCUT2D eigenvalue weighted by molar-refractivity contribution is 5.85. The molecule has 1 fully saturated rings. The summed E-state index contributed by atoms with van der Waals surface area (Å²) < 4.78 is 0. The van der Waals surface area contributed by atoms with E-state index >= 15 is 0 Å². The first kappa shape index (κ1) is 12.7. The number of piperidine rings is 1. The largest absolute Gasteiger partial charge is 0.369 e. The lowest BCUT2D eigenvalue weighted by molar-refractivity contribution is -0.123. The molecule has 1 aliphatic rings. The lowest BCUT2D eigenvalue weighted by atomic mass is 9.96. The fraction of sp³-hybridized carbons (Fsp3) is 0.875. The number of carbonyl (C=O) groups excluding carboxylic acids is 1. The Kier molecular flexibility index (Phi) is 6.03. The number of primary amides is 1. The van der Waals surface area contributed by atoms with Crippen LogP contribution >= 0.6 is 12.4 Å². The molecular formula is C8H18ClN3O. The lowest BCUT2D eigenvalue weighted by Gasteiger charge is -2.29. The number of nitrogens with two attached hydrogens (primary N) is 2. The number of nitrogens with zero attached hydrogens (tertiary/aromatic N) is 1. The van der Waals surface area contributed by atoms with Crippen LogP contribution in [0.2, 0.25) is 0 Å². The first-order chi connectivity index (χ1) is 5.74. The van der Waals surface area contributed by atoms with E-state index in [9.17, 15) is 4.79 Å². The van der Waals surface area contributed by atoms with Gasteiger partial charge < -0.3 is 16.4 Å². The zero-order valence-corrected chi connectivity index (χ0v) is 8.55. The lowest BCUT2D eigenvalue weighted by Crippen LogP contribution is -2.40. The number of likely N-dealkylation sites (tertiary alicyclic amines) is 1. The summed E-state index contributed by atoms with van der Waals surface area (Å²) in [5.41, 5.74) is 10.6. The third-order valence-electron chi connectivity index (χ3n) is 2.44. The Morgan fingerprint density at radius 2 is 1.92 bits per heavy atom. The number of hydrogen-bond donors (Lipinski definition) is 2. The second-order valence-electron chi connectivity index (χ2n) is 3.31. The number of hydrogen-bond acceptors (Lipinski definition) is 3. The van der Waals surface area contributed by atoms with Crippen molar-refractivity contribution in [1.82, 2.24) is 4.90 Å². The Labute approximate surface area is 85.0 Å². The van der Waals surface area contributed by atoms with Crippen molar-refractivity contribution in [3.8, 4) is 0 Å². The first-order valence-corrected chi connectivity index (χ1v) is 4.45. The number of amides is 1. The van der Waals surface area contributed by atoms with Crippen molar-refractivity contribution in [3.05, 3.63) is 0 Å². The maximum atomic E-state index is 10.8. The fourth-order valence-electron chi connectivity index (χ4n) is 1.62. The molecule has 13 heavy (non-hydrogen) atoms. The van der Waals surface area contributed by atoms with E-state index in [0.29, 0.717) is 6.54 Å². The molecule has 1 rings (SSSR count). The van der Waals surface area contributed by atoms with Gasteiger partial charge in [0.05, 0.1) is 0 Å². The first-order valence-electron chi connectivity index (χ1n) is 4.45. The SMILES string of the molecule is Cl.NCCN1CCC(C(N)=O)CC1. The molecule has 0 aliphatic carbocycles. The Bertz CT molecular complexity index is 157. The number of carbonyl (C=O) groups is 1. The minimum absolute atomic E-state index is 0. The molecule has 1 heterocycles. The van der Waals surface area contributed by atoms with E-state index in [1.807, 2.05) is 0 Å². The van der Waals surface area contributed by atoms with Crippen LogP contribution in [-0.2, 0) is 4.79 Å². The van der Waals surface area contributed by atoms with Crippen molar-refractivity contribution >= 4 is 18.3 Å². The van der Waals surface area contributed by atoms with E-state index in [1.54, 1.807) is 0 Å². The van der Waals surface area contributed by atoms with Gasteiger partial charge in [0, 0.05) is 19.0 Å². The molecule has 0 aromatic rings. The second kappa shape index (κ2) is 6.18. The quantitative estimate of drug-likeness (QED) is 0.660. The molecule has 0 radical (unpaired) electrons. The Balaban J connectivity index is 0.00000144. The Hall–Kier alpha value is -0.320. The van der Waals surface area contributed by atoms with Gasteiger partial charge in [-0.1, -0.05) is 0 Å². The van der Waals surface area contributed by atoms with Gasteiger partial charge in [-0.05, 0) is 25.9 Å². The summed E-state index contributed by atoms with van der Waals surface area (Å²) in [6, 6.07) is 0. The van der Waals surface area contributed by atoms with Gasteiger partial charge in [0.2, 0.25) is 5.91 Å². The molecule has 0 aromatic heterocycles. The van der Waals surface area contributed by atoms with Crippen molar-refractivity contribution < 1.29 is 4.79 Å². The number of halogens is 1. The van der Waals surface area contributed by atoms with Crippen LogP contribution in [0.3, 0.4) is 0 Å². The molecule has 0 unspecified atom stereocenters. The van der Waals surface area contributed by atoms with Crippen LogP contribution < -0.4 is 11.5 Å². The predicted molar refractivity (Wildman–Crippen MR) is 54.7 cm³/mol. The maximum Gasteiger partial charge on any atom is 0.220 e. The molecule has 0 atom stereocenters.